The molecular formula is C13H23ClN4. The fraction of sp³-hybridized carbons (Fsp3) is 0.769. The monoisotopic (exact) mass is 270 g/mol. The number of aryl methyl sites for hydroxylation is 2. The lowest BCUT2D eigenvalue weighted by atomic mass is 10.2. The smallest absolute Gasteiger partial charge is 0.0860 e. The molecule has 1 aromatic rings. The Bertz CT molecular complexity index is 415. The van der Waals surface area contributed by atoms with Crippen LogP contribution in [0.3, 0.4) is 0 Å². The maximum Gasteiger partial charge on any atom is 0.0860 e. The van der Waals surface area contributed by atoms with Gasteiger partial charge in [0.25, 0.3) is 0 Å². The van der Waals surface area contributed by atoms with E-state index in [2.05, 4.69) is 29.2 Å². The van der Waals surface area contributed by atoms with Crippen LogP contribution in [0.15, 0.2) is 0 Å². The average Bonchev–Trinajstić information content (AvgIpc) is 2.47. The summed E-state index contributed by atoms with van der Waals surface area (Å²) in [6.07, 6.45) is 1.18. The fourth-order valence-electron chi connectivity index (χ4n) is 2.58. The summed E-state index contributed by atoms with van der Waals surface area (Å²) in [5.74, 6) is 0. The van der Waals surface area contributed by atoms with E-state index in [9.17, 15) is 0 Å². The maximum absolute atomic E-state index is 6.33. The molecule has 1 fully saturated rings. The van der Waals surface area contributed by atoms with Crippen LogP contribution in [0.4, 0.5) is 0 Å². The Hall–Kier alpha value is -0.580. The van der Waals surface area contributed by atoms with Crippen molar-refractivity contribution in [2.24, 2.45) is 7.05 Å². The van der Waals surface area contributed by atoms with Crippen molar-refractivity contribution in [3.05, 3.63) is 16.4 Å². The van der Waals surface area contributed by atoms with Gasteiger partial charge in [0.1, 0.15) is 0 Å². The Morgan fingerprint density at radius 3 is 2.78 bits per heavy atom. The van der Waals surface area contributed by atoms with Crippen molar-refractivity contribution in [3.63, 3.8) is 0 Å². The minimum absolute atomic E-state index is 0.531. The van der Waals surface area contributed by atoms with Crippen LogP contribution in [0, 0.1) is 6.92 Å². The van der Waals surface area contributed by atoms with Crippen LogP contribution in [0.1, 0.15) is 31.7 Å². The first-order chi connectivity index (χ1) is 8.49. The molecule has 2 heterocycles. The molecule has 0 bridgehead atoms. The molecule has 1 aliphatic heterocycles. The zero-order valence-electron chi connectivity index (χ0n) is 11.7. The van der Waals surface area contributed by atoms with E-state index in [4.69, 9.17) is 11.6 Å². The lowest BCUT2D eigenvalue weighted by Gasteiger charge is -2.28. The largest absolute Gasteiger partial charge is 0.313 e. The van der Waals surface area contributed by atoms with Crippen molar-refractivity contribution in [2.75, 3.05) is 13.1 Å². The summed E-state index contributed by atoms with van der Waals surface area (Å²) in [4.78, 5) is 2.49. The predicted octanol–water partition coefficient (Wildman–Crippen LogP) is 1.95. The Labute approximate surface area is 114 Å². The summed E-state index contributed by atoms with van der Waals surface area (Å²) in [5, 5.41) is 8.73. The number of hydrogen-bond acceptors (Lipinski definition) is 3. The van der Waals surface area contributed by atoms with Crippen LogP contribution in [-0.2, 0) is 13.6 Å². The molecule has 102 valence electrons. The number of rotatable bonds is 2. The number of nitrogens with zero attached hydrogens (tertiary/aromatic N) is 3. The van der Waals surface area contributed by atoms with Crippen LogP contribution >= 0.6 is 11.6 Å². The first-order valence-electron chi connectivity index (χ1n) is 6.64. The van der Waals surface area contributed by atoms with E-state index in [1.807, 2.05) is 18.7 Å². The highest BCUT2D eigenvalue weighted by Crippen LogP contribution is 2.22. The molecule has 0 saturated carbocycles. The zero-order valence-corrected chi connectivity index (χ0v) is 12.5. The van der Waals surface area contributed by atoms with Crippen molar-refractivity contribution < 1.29 is 0 Å². The van der Waals surface area contributed by atoms with Gasteiger partial charge in [0.05, 0.1) is 16.4 Å². The van der Waals surface area contributed by atoms with Crippen molar-refractivity contribution in [3.8, 4) is 0 Å². The number of nitrogens with one attached hydrogen (secondary N) is 1. The van der Waals surface area contributed by atoms with Gasteiger partial charge in [-0.1, -0.05) is 11.6 Å². The molecule has 0 spiro atoms. The summed E-state index contributed by atoms with van der Waals surface area (Å²) in [6, 6.07) is 1.11. The van der Waals surface area contributed by atoms with Gasteiger partial charge in [0.15, 0.2) is 0 Å². The van der Waals surface area contributed by atoms with E-state index in [0.717, 1.165) is 36.0 Å². The number of hydrogen-bond donors (Lipinski definition) is 1. The normalized spacial score (nSPS) is 26.3. The minimum atomic E-state index is 0.531. The molecule has 0 aromatic carbocycles. The van der Waals surface area contributed by atoms with Crippen molar-refractivity contribution in [2.45, 2.75) is 45.8 Å². The summed E-state index contributed by atoms with van der Waals surface area (Å²) in [5.41, 5.74) is 2.04. The second-order valence-electron chi connectivity index (χ2n) is 5.39. The van der Waals surface area contributed by atoms with Gasteiger partial charge in [-0.25, -0.2) is 0 Å². The minimum Gasteiger partial charge on any atom is -0.313 e. The van der Waals surface area contributed by atoms with Crippen LogP contribution in [0.25, 0.3) is 0 Å². The highest BCUT2D eigenvalue weighted by molar-refractivity contribution is 6.31. The van der Waals surface area contributed by atoms with Gasteiger partial charge in [0.2, 0.25) is 0 Å². The predicted molar refractivity (Wildman–Crippen MR) is 74.9 cm³/mol. The zero-order chi connectivity index (χ0) is 13.3. The van der Waals surface area contributed by atoms with Crippen LogP contribution in [0.5, 0.6) is 0 Å². The molecule has 0 amide bonds. The van der Waals surface area contributed by atoms with Crippen LogP contribution in [0.2, 0.25) is 5.02 Å². The molecule has 0 radical (unpaired) electrons. The average molecular weight is 271 g/mol. The Kier molecular flexibility index (Phi) is 4.30. The van der Waals surface area contributed by atoms with E-state index in [1.54, 1.807) is 0 Å². The molecule has 5 heteroatoms. The third kappa shape index (κ3) is 2.87. The molecule has 18 heavy (non-hydrogen) atoms. The summed E-state index contributed by atoms with van der Waals surface area (Å²) in [6.45, 7) is 9.52. The quantitative estimate of drug-likeness (QED) is 0.892. The topological polar surface area (TPSA) is 33.1 Å². The molecular weight excluding hydrogens is 248 g/mol. The molecule has 1 aromatic heterocycles. The molecule has 1 aliphatic rings. The first kappa shape index (κ1) is 13.8. The van der Waals surface area contributed by atoms with Gasteiger partial charge in [0, 0.05) is 32.2 Å². The second kappa shape index (κ2) is 5.59. The van der Waals surface area contributed by atoms with Crippen molar-refractivity contribution in [1.29, 1.82) is 0 Å². The van der Waals surface area contributed by atoms with Gasteiger partial charge >= 0.3 is 0 Å². The molecule has 2 rings (SSSR count). The molecule has 1 saturated heterocycles. The fourth-order valence-corrected chi connectivity index (χ4v) is 2.80. The van der Waals surface area contributed by atoms with E-state index in [-0.39, 0.29) is 0 Å². The van der Waals surface area contributed by atoms with Gasteiger partial charge in [-0.3, -0.25) is 9.58 Å². The van der Waals surface area contributed by atoms with Crippen molar-refractivity contribution in [1.82, 2.24) is 20.0 Å². The van der Waals surface area contributed by atoms with Gasteiger partial charge < -0.3 is 5.32 Å². The molecule has 4 nitrogen and oxygen atoms in total. The number of aromatic nitrogens is 2. The van der Waals surface area contributed by atoms with E-state index < -0.39 is 0 Å². The highest BCUT2D eigenvalue weighted by atomic mass is 35.5. The Balaban J connectivity index is 2.15. The van der Waals surface area contributed by atoms with Crippen LogP contribution in [-0.4, -0.2) is 39.9 Å². The van der Waals surface area contributed by atoms with E-state index >= 15 is 0 Å². The van der Waals surface area contributed by atoms with Crippen molar-refractivity contribution >= 4 is 11.6 Å². The van der Waals surface area contributed by atoms with Gasteiger partial charge in [-0.2, -0.15) is 5.10 Å². The second-order valence-corrected chi connectivity index (χ2v) is 5.77. The maximum atomic E-state index is 6.33. The highest BCUT2D eigenvalue weighted by Gasteiger charge is 2.23. The van der Waals surface area contributed by atoms with Crippen LogP contribution < -0.4 is 5.32 Å². The SMILES string of the molecule is Cc1nn(C)c(CN2CC(C)NCCC2C)c1Cl. The lowest BCUT2D eigenvalue weighted by molar-refractivity contribution is 0.194. The Morgan fingerprint density at radius 2 is 2.17 bits per heavy atom. The van der Waals surface area contributed by atoms with E-state index in [0.29, 0.717) is 12.1 Å². The third-order valence-corrected chi connectivity index (χ3v) is 4.29. The van der Waals surface area contributed by atoms with Gasteiger partial charge in [-0.05, 0) is 33.7 Å². The molecule has 1 N–H and O–H groups in total. The lowest BCUT2D eigenvalue weighted by Crippen LogP contribution is -2.38. The van der Waals surface area contributed by atoms with E-state index in [1.165, 1.54) is 6.42 Å². The van der Waals surface area contributed by atoms with Gasteiger partial charge in [-0.15, -0.1) is 0 Å². The summed E-state index contributed by atoms with van der Waals surface area (Å²) < 4.78 is 1.91. The molecule has 2 atom stereocenters. The third-order valence-electron chi connectivity index (χ3n) is 3.80. The Morgan fingerprint density at radius 1 is 1.44 bits per heavy atom. The first-order valence-corrected chi connectivity index (χ1v) is 7.02. The number of halogens is 1. The molecule has 2 unspecified atom stereocenters. The standard InChI is InChI=1S/C13H23ClN4/c1-9-7-18(10(2)5-6-15-9)8-12-13(14)11(3)16-17(12)4/h9-10,15H,5-8H2,1-4H3. The molecule has 0 aliphatic carbocycles. The summed E-state index contributed by atoms with van der Waals surface area (Å²) in [7, 11) is 1.97. The summed E-state index contributed by atoms with van der Waals surface area (Å²) >= 11 is 6.33.